The highest BCUT2D eigenvalue weighted by atomic mass is 16.5. The van der Waals surface area contributed by atoms with Crippen molar-refractivity contribution in [2.45, 2.75) is 79.8 Å². The van der Waals surface area contributed by atoms with Gasteiger partial charge in [0, 0.05) is 40.4 Å². The van der Waals surface area contributed by atoms with Crippen LogP contribution in [0.4, 0.5) is 0 Å². The summed E-state index contributed by atoms with van der Waals surface area (Å²) >= 11 is 0. The summed E-state index contributed by atoms with van der Waals surface area (Å²) in [7, 11) is 1.07. The van der Waals surface area contributed by atoms with E-state index in [2.05, 4.69) is 5.32 Å². The molecule has 4 rings (SSSR count). The van der Waals surface area contributed by atoms with Gasteiger partial charge in [0.25, 0.3) is 5.91 Å². The summed E-state index contributed by atoms with van der Waals surface area (Å²) in [6, 6.07) is 0. The van der Waals surface area contributed by atoms with Crippen LogP contribution in [-0.4, -0.2) is 91.4 Å². The van der Waals surface area contributed by atoms with Crippen molar-refractivity contribution in [3.63, 3.8) is 0 Å². The van der Waals surface area contributed by atoms with E-state index >= 15 is 0 Å². The van der Waals surface area contributed by atoms with Gasteiger partial charge in [0.1, 0.15) is 17.4 Å². The van der Waals surface area contributed by atoms with Gasteiger partial charge in [0.05, 0.1) is 53.9 Å². The molecule has 1 aliphatic carbocycles. The first-order chi connectivity index (χ1) is 23.2. The molecule has 2 aliphatic heterocycles. The number of ketones is 3. The molecule has 0 saturated heterocycles. The molecular formula is C37H47NO12. The molecule has 272 valence electrons. The van der Waals surface area contributed by atoms with Crippen LogP contribution in [0.25, 0.3) is 0 Å². The van der Waals surface area contributed by atoms with Gasteiger partial charge in [-0.05, 0) is 33.3 Å². The summed E-state index contributed by atoms with van der Waals surface area (Å²) in [5.74, 6) is -11.2. The van der Waals surface area contributed by atoms with E-state index in [0.717, 1.165) is 7.11 Å². The Morgan fingerprint density at radius 2 is 1.20 bits per heavy atom. The summed E-state index contributed by atoms with van der Waals surface area (Å²) in [5, 5.41) is 69.4. The van der Waals surface area contributed by atoms with Gasteiger partial charge >= 0.3 is 5.97 Å². The molecule has 1 amide bonds. The molecular weight excluding hydrogens is 650 g/mol. The number of benzene rings is 1. The van der Waals surface area contributed by atoms with Crippen molar-refractivity contribution in [1.29, 1.82) is 0 Å². The molecule has 50 heavy (non-hydrogen) atoms. The van der Waals surface area contributed by atoms with E-state index in [1.54, 1.807) is 6.92 Å². The highest BCUT2D eigenvalue weighted by molar-refractivity contribution is 6.32. The number of fused-ring (bicyclic) bond motifs is 15. The number of methoxy groups -OCH3 is 1. The maximum atomic E-state index is 13.9. The second-order valence-electron chi connectivity index (χ2n) is 13.4. The number of amides is 1. The van der Waals surface area contributed by atoms with E-state index in [1.165, 1.54) is 72.8 Å². The quantitative estimate of drug-likeness (QED) is 0.210. The number of rotatable bonds is 1. The molecule has 0 unspecified atom stereocenters. The predicted molar refractivity (Wildman–Crippen MR) is 181 cm³/mol. The SMILES string of the molecule is COC(=O)[C@H]1[C@H](O)[C@H](C)[C@@H](O)[C@@H](C)/C=C(/C)C(=O)c2c(O)c(C)c(O)c3c2C(=O)C(C)=C(NC(=O)/C(C)=C\C=C/[C@@H](C)[C@@H](O)[C@@H](C)[C@H]1O)C3=O. The average molecular weight is 698 g/mol. The topological polar surface area (TPSA) is 228 Å². The number of ether oxygens (including phenoxy) is 1. The maximum absolute atomic E-state index is 13.9. The summed E-state index contributed by atoms with van der Waals surface area (Å²) in [5.41, 5.74) is -2.61. The molecule has 0 fully saturated rings. The number of aromatic hydroxyl groups is 2. The molecule has 7 N–H and O–H groups in total. The van der Waals surface area contributed by atoms with Gasteiger partial charge in [-0.1, -0.05) is 52.0 Å². The molecule has 0 aromatic heterocycles. The van der Waals surface area contributed by atoms with Crippen molar-refractivity contribution in [1.82, 2.24) is 5.32 Å². The predicted octanol–water partition coefficient (Wildman–Crippen LogP) is 2.60. The Morgan fingerprint density at radius 3 is 1.72 bits per heavy atom. The van der Waals surface area contributed by atoms with Crippen molar-refractivity contribution < 1.29 is 59.3 Å². The van der Waals surface area contributed by atoms with Gasteiger partial charge < -0.3 is 40.7 Å². The summed E-state index contributed by atoms with van der Waals surface area (Å²) < 4.78 is 4.86. The Morgan fingerprint density at radius 1 is 0.700 bits per heavy atom. The molecule has 13 nitrogen and oxygen atoms in total. The van der Waals surface area contributed by atoms with Crippen LogP contribution in [0.3, 0.4) is 0 Å². The Bertz CT molecular complexity index is 1720. The number of hydrogen-bond donors (Lipinski definition) is 7. The summed E-state index contributed by atoms with van der Waals surface area (Å²) in [6.07, 6.45) is -0.296. The number of carbonyl (C=O) groups is 5. The number of phenolic OH excluding ortho intramolecular Hbond substituents is 2. The van der Waals surface area contributed by atoms with Gasteiger partial charge in [-0.3, -0.25) is 24.0 Å². The minimum atomic E-state index is -1.69. The fourth-order valence-corrected chi connectivity index (χ4v) is 6.44. The molecule has 3 aliphatic rings. The highest BCUT2D eigenvalue weighted by Gasteiger charge is 2.45. The van der Waals surface area contributed by atoms with E-state index in [9.17, 15) is 54.6 Å². The minimum Gasteiger partial charge on any atom is -0.507 e. The van der Waals surface area contributed by atoms with Crippen molar-refractivity contribution >= 4 is 29.2 Å². The van der Waals surface area contributed by atoms with Gasteiger partial charge in [-0.25, -0.2) is 0 Å². The fraction of sp³-hybridized carbons (Fsp3) is 0.486. The Labute approximate surface area is 290 Å². The van der Waals surface area contributed by atoms with Crippen LogP contribution < -0.4 is 5.32 Å². The van der Waals surface area contributed by atoms with Crippen LogP contribution in [0.1, 0.15) is 85.1 Å². The Kier molecular flexibility index (Phi) is 12.5. The third-order valence-electron chi connectivity index (χ3n) is 9.98. The molecule has 4 bridgehead atoms. The van der Waals surface area contributed by atoms with E-state index in [-0.39, 0.29) is 22.3 Å². The van der Waals surface area contributed by atoms with Crippen molar-refractivity contribution in [2.75, 3.05) is 7.11 Å². The van der Waals surface area contributed by atoms with Crippen molar-refractivity contribution in [2.24, 2.45) is 29.6 Å². The van der Waals surface area contributed by atoms with Crippen LogP contribution in [0.15, 0.2) is 46.7 Å². The smallest absolute Gasteiger partial charge is 0.313 e. The molecule has 9 atom stereocenters. The second kappa shape index (κ2) is 15.6. The Hall–Kier alpha value is -4.43. The second-order valence-corrected chi connectivity index (χ2v) is 13.4. The number of nitrogens with one attached hydrogen (secondary N) is 1. The lowest BCUT2D eigenvalue weighted by atomic mass is 9.76. The first-order valence-corrected chi connectivity index (χ1v) is 16.3. The van der Waals surface area contributed by atoms with E-state index in [4.69, 9.17) is 4.74 Å². The fourth-order valence-electron chi connectivity index (χ4n) is 6.44. The zero-order valence-electron chi connectivity index (χ0n) is 29.6. The van der Waals surface area contributed by atoms with Crippen LogP contribution in [0, 0.1) is 36.5 Å². The standard InChI is InChI=1S/C37H47NO12/c1-14-11-10-12-15(2)36(48)38-26-18(5)30(42)22-23(31(43)21(8)32(44)24(22)35(26)47)29(41)17(4)13-16(3)28(40)20(7)34(46)25(37(49)50-9)33(45)19(6)27(14)39/h10-14,16,19-20,25,27-28,33-34,39-40,43-46H,1-9H3,(H,38,48)/b11-10-,15-12-,17-13-/t14-,16+,19-,20-,25-,27-,28+,33-,34-/m1/s1. The number of esters is 1. The lowest BCUT2D eigenvalue weighted by Crippen LogP contribution is -2.50. The zero-order valence-corrected chi connectivity index (χ0v) is 29.6. The number of carbonyl (C=O) groups excluding carboxylic acids is 5. The number of aliphatic hydroxyl groups is 4. The number of allylic oxidation sites excluding steroid dienone is 5. The lowest BCUT2D eigenvalue weighted by Gasteiger charge is -2.37. The number of hydrogen-bond acceptors (Lipinski definition) is 12. The van der Waals surface area contributed by atoms with Crippen LogP contribution in [0.2, 0.25) is 0 Å². The van der Waals surface area contributed by atoms with E-state index in [1.807, 2.05) is 0 Å². The third-order valence-corrected chi connectivity index (χ3v) is 9.98. The van der Waals surface area contributed by atoms with Crippen LogP contribution in [-0.2, 0) is 14.3 Å². The monoisotopic (exact) mass is 697 g/mol. The molecule has 0 spiro atoms. The van der Waals surface area contributed by atoms with Gasteiger partial charge in [0.2, 0.25) is 5.78 Å². The van der Waals surface area contributed by atoms with E-state index < -0.39 is 117 Å². The largest absolute Gasteiger partial charge is 0.507 e. The minimum absolute atomic E-state index is 0.0799. The Balaban J connectivity index is 2.28. The number of aliphatic hydroxyl groups excluding tert-OH is 4. The average Bonchev–Trinajstić information content (AvgIpc) is 3.08. The highest BCUT2D eigenvalue weighted by Crippen LogP contribution is 2.43. The van der Waals surface area contributed by atoms with Gasteiger partial charge in [0.15, 0.2) is 11.6 Å². The first-order valence-electron chi connectivity index (χ1n) is 16.3. The molecule has 13 heteroatoms. The van der Waals surface area contributed by atoms with Gasteiger partial charge in [-0.2, -0.15) is 0 Å². The van der Waals surface area contributed by atoms with E-state index in [0.29, 0.717) is 0 Å². The van der Waals surface area contributed by atoms with Crippen LogP contribution in [0.5, 0.6) is 11.5 Å². The molecule has 1 aromatic carbocycles. The van der Waals surface area contributed by atoms with Crippen molar-refractivity contribution in [3.05, 3.63) is 69.0 Å². The molecule has 1 aromatic rings. The van der Waals surface area contributed by atoms with Crippen LogP contribution >= 0.6 is 0 Å². The molecule has 2 heterocycles. The van der Waals surface area contributed by atoms with Gasteiger partial charge in [-0.15, -0.1) is 0 Å². The molecule has 0 saturated carbocycles. The molecule has 0 radical (unpaired) electrons. The van der Waals surface area contributed by atoms with Crippen molar-refractivity contribution in [3.8, 4) is 11.5 Å². The normalized spacial score (nSPS) is 33.3. The number of Topliss-reactive ketones (excluding diaryl/α,β-unsaturated/α-hetero) is 3. The maximum Gasteiger partial charge on any atom is 0.313 e. The first kappa shape index (κ1) is 40.0. The third kappa shape index (κ3) is 7.36. The zero-order chi connectivity index (χ0) is 38.1. The summed E-state index contributed by atoms with van der Waals surface area (Å²) in [6.45, 7) is 11.3. The lowest BCUT2D eigenvalue weighted by molar-refractivity contribution is -0.164. The number of phenols is 2. The summed E-state index contributed by atoms with van der Waals surface area (Å²) in [4.78, 5) is 67.5.